The Morgan fingerprint density at radius 3 is 2.40 bits per heavy atom. The second-order valence-corrected chi connectivity index (χ2v) is 2.82. The molecule has 0 atom stereocenters. The molecule has 0 unspecified atom stereocenters. The van der Waals surface area contributed by atoms with E-state index in [-0.39, 0.29) is 6.54 Å². The first-order valence-corrected chi connectivity index (χ1v) is 4.51. The highest BCUT2D eigenvalue weighted by Gasteiger charge is 2.17. The van der Waals surface area contributed by atoms with Gasteiger partial charge in [0.15, 0.2) is 0 Å². The van der Waals surface area contributed by atoms with E-state index in [2.05, 4.69) is 5.32 Å². The van der Waals surface area contributed by atoms with Gasteiger partial charge in [0.1, 0.15) is 0 Å². The first-order chi connectivity index (χ1) is 7.15. The van der Waals surface area contributed by atoms with Gasteiger partial charge in [-0.15, -0.1) is 0 Å². The monoisotopic (exact) mass is 208 g/mol. The second kappa shape index (κ2) is 4.99. The maximum absolute atomic E-state index is 11.4. The Balaban J connectivity index is 2.66. The van der Waals surface area contributed by atoms with Crippen molar-refractivity contribution < 1.29 is 14.7 Å². The molecule has 5 nitrogen and oxygen atoms in total. The quantitative estimate of drug-likeness (QED) is 0.782. The second-order valence-electron chi connectivity index (χ2n) is 2.82. The zero-order chi connectivity index (χ0) is 11.3. The van der Waals surface area contributed by atoms with Gasteiger partial charge in [0.05, 0.1) is 0 Å². The lowest BCUT2D eigenvalue weighted by atomic mass is 10.3. The molecule has 0 radical (unpaired) electrons. The Labute approximate surface area is 87.3 Å². The number of benzene rings is 1. The van der Waals surface area contributed by atoms with Crippen LogP contribution in [0.3, 0.4) is 0 Å². The van der Waals surface area contributed by atoms with Crippen molar-refractivity contribution in [1.82, 2.24) is 4.90 Å². The van der Waals surface area contributed by atoms with Gasteiger partial charge in [-0.3, -0.25) is 0 Å². The molecular weight excluding hydrogens is 196 g/mol. The van der Waals surface area contributed by atoms with Crippen LogP contribution in [0.2, 0.25) is 0 Å². The number of anilines is 1. The molecule has 1 rings (SSSR count). The van der Waals surface area contributed by atoms with Crippen molar-refractivity contribution in [3.8, 4) is 0 Å². The molecule has 0 aromatic heterocycles. The van der Waals surface area contributed by atoms with Gasteiger partial charge in [0.2, 0.25) is 0 Å². The number of carbonyl (C=O) groups excluding carboxylic acids is 1. The predicted octanol–water partition coefficient (Wildman–Crippen LogP) is 2.22. The van der Waals surface area contributed by atoms with E-state index in [0.29, 0.717) is 10.6 Å². The summed E-state index contributed by atoms with van der Waals surface area (Å²) in [6, 6.07) is 8.06. The standard InChI is InChI=1S/C10H12N2O3/c1-2-12(10(14)15)9(13)11-8-6-4-3-5-7-8/h3-7H,2H2,1H3,(H,11,13)(H,14,15). The molecule has 0 fully saturated rings. The Bertz CT molecular complexity index is 351. The summed E-state index contributed by atoms with van der Waals surface area (Å²) in [5.41, 5.74) is 0.571. The lowest BCUT2D eigenvalue weighted by molar-refractivity contribution is 0.154. The van der Waals surface area contributed by atoms with Gasteiger partial charge in [-0.1, -0.05) is 18.2 Å². The Hall–Kier alpha value is -2.04. The number of amides is 3. The lowest BCUT2D eigenvalue weighted by Gasteiger charge is -2.15. The summed E-state index contributed by atoms with van der Waals surface area (Å²) in [4.78, 5) is 22.7. The predicted molar refractivity (Wildman–Crippen MR) is 55.9 cm³/mol. The third-order valence-corrected chi connectivity index (χ3v) is 1.82. The molecule has 80 valence electrons. The van der Waals surface area contributed by atoms with Crippen LogP contribution >= 0.6 is 0 Å². The minimum Gasteiger partial charge on any atom is -0.465 e. The van der Waals surface area contributed by atoms with Gasteiger partial charge in [-0.25, -0.2) is 14.5 Å². The molecule has 0 aliphatic rings. The smallest absolute Gasteiger partial charge is 0.415 e. The van der Waals surface area contributed by atoms with E-state index in [4.69, 9.17) is 5.11 Å². The number of imide groups is 1. The first-order valence-electron chi connectivity index (χ1n) is 4.51. The van der Waals surface area contributed by atoms with E-state index in [9.17, 15) is 9.59 Å². The number of nitrogens with zero attached hydrogens (tertiary/aromatic N) is 1. The minimum absolute atomic E-state index is 0.119. The van der Waals surface area contributed by atoms with Crippen molar-refractivity contribution in [3.05, 3.63) is 30.3 Å². The lowest BCUT2D eigenvalue weighted by Crippen LogP contribution is -2.38. The average molecular weight is 208 g/mol. The summed E-state index contributed by atoms with van der Waals surface area (Å²) in [6.07, 6.45) is -1.26. The fourth-order valence-electron chi connectivity index (χ4n) is 1.08. The minimum atomic E-state index is -1.26. The van der Waals surface area contributed by atoms with E-state index in [0.717, 1.165) is 0 Å². The highest BCUT2D eigenvalue weighted by Crippen LogP contribution is 2.06. The third kappa shape index (κ3) is 2.98. The molecule has 15 heavy (non-hydrogen) atoms. The van der Waals surface area contributed by atoms with Crippen LogP contribution in [-0.4, -0.2) is 28.7 Å². The van der Waals surface area contributed by atoms with Gasteiger partial charge in [-0.2, -0.15) is 0 Å². The number of carboxylic acid groups (broad SMARTS) is 1. The van der Waals surface area contributed by atoms with Crippen molar-refractivity contribution in [2.45, 2.75) is 6.92 Å². The number of rotatable bonds is 2. The third-order valence-electron chi connectivity index (χ3n) is 1.82. The molecule has 0 bridgehead atoms. The van der Waals surface area contributed by atoms with Crippen LogP contribution in [0.15, 0.2) is 30.3 Å². The van der Waals surface area contributed by atoms with E-state index >= 15 is 0 Å². The molecular formula is C10H12N2O3. The molecule has 0 saturated heterocycles. The maximum Gasteiger partial charge on any atom is 0.415 e. The van der Waals surface area contributed by atoms with Crippen LogP contribution in [-0.2, 0) is 0 Å². The molecule has 1 aromatic carbocycles. The molecule has 5 heteroatoms. The van der Waals surface area contributed by atoms with E-state index in [1.54, 1.807) is 31.2 Å². The fourth-order valence-corrected chi connectivity index (χ4v) is 1.08. The van der Waals surface area contributed by atoms with Crippen molar-refractivity contribution >= 4 is 17.8 Å². The van der Waals surface area contributed by atoms with Gasteiger partial charge in [0.25, 0.3) is 0 Å². The van der Waals surface area contributed by atoms with Crippen LogP contribution < -0.4 is 5.32 Å². The number of para-hydroxylation sites is 1. The van der Waals surface area contributed by atoms with Crippen LogP contribution in [0.5, 0.6) is 0 Å². The van der Waals surface area contributed by atoms with E-state index < -0.39 is 12.1 Å². The Kier molecular flexibility index (Phi) is 3.68. The number of urea groups is 1. The zero-order valence-corrected chi connectivity index (χ0v) is 8.30. The normalized spacial score (nSPS) is 9.40. The summed E-state index contributed by atoms with van der Waals surface area (Å²) < 4.78 is 0. The Morgan fingerprint density at radius 1 is 1.33 bits per heavy atom. The molecule has 2 N–H and O–H groups in total. The fraction of sp³-hybridized carbons (Fsp3) is 0.200. The van der Waals surface area contributed by atoms with E-state index in [1.165, 1.54) is 0 Å². The molecule has 0 spiro atoms. The van der Waals surface area contributed by atoms with Crippen molar-refractivity contribution in [3.63, 3.8) is 0 Å². The van der Waals surface area contributed by atoms with Crippen molar-refractivity contribution in [1.29, 1.82) is 0 Å². The van der Waals surface area contributed by atoms with E-state index in [1.807, 2.05) is 6.07 Å². The molecule has 1 aromatic rings. The maximum atomic E-state index is 11.4. The summed E-state index contributed by atoms with van der Waals surface area (Å²) >= 11 is 0. The largest absolute Gasteiger partial charge is 0.465 e. The molecule has 0 aliphatic heterocycles. The van der Waals surface area contributed by atoms with Crippen LogP contribution in [0.4, 0.5) is 15.3 Å². The molecule has 0 saturated carbocycles. The molecule has 3 amide bonds. The summed E-state index contributed by atoms with van der Waals surface area (Å²) in [5, 5.41) is 11.2. The van der Waals surface area contributed by atoms with Crippen LogP contribution in [0.25, 0.3) is 0 Å². The zero-order valence-electron chi connectivity index (χ0n) is 8.30. The first kappa shape index (κ1) is 11.0. The molecule has 0 heterocycles. The van der Waals surface area contributed by atoms with Gasteiger partial charge in [0, 0.05) is 12.2 Å². The highest BCUT2D eigenvalue weighted by molar-refractivity contribution is 5.98. The van der Waals surface area contributed by atoms with Gasteiger partial charge < -0.3 is 10.4 Å². The average Bonchev–Trinajstić information content (AvgIpc) is 2.19. The number of nitrogens with one attached hydrogen (secondary N) is 1. The SMILES string of the molecule is CCN(C(=O)O)C(=O)Nc1ccccc1. The summed E-state index contributed by atoms with van der Waals surface area (Å²) in [5.74, 6) is 0. The van der Waals surface area contributed by atoms with Gasteiger partial charge in [-0.05, 0) is 19.1 Å². The number of carbonyl (C=O) groups is 2. The summed E-state index contributed by atoms with van der Waals surface area (Å²) in [6.45, 7) is 1.71. The Morgan fingerprint density at radius 2 is 1.93 bits per heavy atom. The highest BCUT2D eigenvalue weighted by atomic mass is 16.4. The van der Waals surface area contributed by atoms with Crippen molar-refractivity contribution in [2.75, 3.05) is 11.9 Å². The number of hydrogen-bond acceptors (Lipinski definition) is 2. The van der Waals surface area contributed by atoms with Crippen LogP contribution in [0, 0.1) is 0 Å². The van der Waals surface area contributed by atoms with Crippen LogP contribution in [0.1, 0.15) is 6.92 Å². The summed E-state index contributed by atoms with van der Waals surface area (Å²) in [7, 11) is 0. The number of hydrogen-bond donors (Lipinski definition) is 2. The molecule has 0 aliphatic carbocycles. The topological polar surface area (TPSA) is 69.6 Å². The van der Waals surface area contributed by atoms with Gasteiger partial charge >= 0.3 is 12.1 Å². The van der Waals surface area contributed by atoms with Crippen molar-refractivity contribution in [2.24, 2.45) is 0 Å².